The van der Waals surface area contributed by atoms with Gasteiger partial charge in [0.2, 0.25) is 5.78 Å². The fraction of sp³-hybridized carbons (Fsp3) is 0.105. The van der Waals surface area contributed by atoms with E-state index in [1.807, 2.05) is 49.4 Å². The molecular formula is C19H16O2. The number of hydrogen-bond donors (Lipinski definition) is 0. The Morgan fingerprint density at radius 2 is 1.86 bits per heavy atom. The standard InChI is InChI=1S/C19H16O2/c1-13-7-8-15(14(2)11-13)9-10-17(20)19-12-16-5-3-4-6-18(16)21-19/h3-12H,1-2H3/b10-9+. The fourth-order valence-electron chi connectivity index (χ4n) is 2.36. The van der Waals surface area contributed by atoms with Crippen molar-refractivity contribution in [3.63, 3.8) is 0 Å². The molecule has 1 aromatic heterocycles. The Bertz CT molecular complexity index is 805. The lowest BCUT2D eigenvalue weighted by atomic mass is 10.0. The van der Waals surface area contributed by atoms with Crippen molar-refractivity contribution < 1.29 is 9.21 Å². The van der Waals surface area contributed by atoms with Crippen molar-refractivity contribution in [3.8, 4) is 0 Å². The Morgan fingerprint density at radius 3 is 2.62 bits per heavy atom. The molecule has 0 aliphatic carbocycles. The molecule has 0 aliphatic heterocycles. The Morgan fingerprint density at radius 1 is 1.05 bits per heavy atom. The first-order valence-corrected chi connectivity index (χ1v) is 6.92. The van der Waals surface area contributed by atoms with Crippen LogP contribution < -0.4 is 0 Å². The minimum Gasteiger partial charge on any atom is -0.453 e. The SMILES string of the molecule is Cc1ccc(/C=C/C(=O)c2cc3ccccc3o2)c(C)c1. The molecule has 0 N–H and O–H groups in total. The summed E-state index contributed by atoms with van der Waals surface area (Å²) < 4.78 is 5.57. The summed E-state index contributed by atoms with van der Waals surface area (Å²) in [5.41, 5.74) is 4.16. The van der Waals surface area contributed by atoms with Crippen LogP contribution in [0.25, 0.3) is 17.0 Å². The van der Waals surface area contributed by atoms with Crippen LogP contribution in [0.2, 0.25) is 0 Å². The van der Waals surface area contributed by atoms with Gasteiger partial charge in [0.15, 0.2) is 5.76 Å². The molecule has 104 valence electrons. The van der Waals surface area contributed by atoms with Crippen LogP contribution in [0.1, 0.15) is 27.2 Å². The number of carbonyl (C=O) groups excluding carboxylic acids is 1. The number of carbonyl (C=O) groups is 1. The summed E-state index contributed by atoms with van der Waals surface area (Å²) in [5, 5.41) is 0.945. The first-order chi connectivity index (χ1) is 10.1. The van der Waals surface area contributed by atoms with Gasteiger partial charge in [-0.2, -0.15) is 0 Å². The molecule has 0 bridgehead atoms. The van der Waals surface area contributed by atoms with Gasteiger partial charge in [0.1, 0.15) is 5.58 Å². The number of benzene rings is 2. The zero-order valence-corrected chi connectivity index (χ0v) is 12.1. The van der Waals surface area contributed by atoms with Gasteiger partial charge in [0, 0.05) is 5.39 Å². The number of hydrogen-bond acceptors (Lipinski definition) is 2. The molecule has 2 aromatic carbocycles. The molecule has 2 nitrogen and oxygen atoms in total. The van der Waals surface area contributed by atoms with Crippen molar-refractivity contribution in [2.75, 3.05) is 0 Å². The molecule has 0 amide bonds. The average Bonchev–Trinajstić information content (AvgIpc) is 2.90. The van der Waals surface area contributed by atoms with Crippen LogP contribution in [-0.2, 0) is 0 Å². The van der Waals surface area contributed by atoms with Gasteiger partial charge in [-0.1, -0.05) is 48.0 Å². The van der Waals surface area contributed by atoms with E-state index in [2.05, 4.69) is 13.0 Å². The molecule has 3 rings (SSSR count). The van der Waals surface area contributed by atoms with Gasteiger partial charge in [0.05, 0.1) is 0 Å². The van der Waals surface area contributed by atoms with Crippen LogP contribution in [0.3, 0.4) is 0 Å². The Balaban J connectivity index is 1.86. The summed E-state index contributed by atoms with van der Waals surface area (Å²) in [4.78, 5) is 12.2. The second-order valence-corrected chi connectivity index (χ2v) is 5.21. The molecule has 0 spiro atoms. The van der Waals surface area contributed by atoms with Gasteiger partial charge in [-0.05, 0) is 43.2 Å². The van der Waals surface area contributed by atoms with E-state index in [9.17, 15) is 4.79 Å². The molecule has 0 aliphatic rings. The average molecular weight is 276 g/mol. The molecule has 2 heteroatoms. The van der Waals surface area contributed by atoms with E-state index in [-0.39, 0.29) is 5.78 Å². The van der Waals surface area contributed by atoms with Gasteiger partial charge in [-0.15, -0.1) is 0 Å². The lowest BCUT2D eigenvalue weighted by molar-refractivity contribution is 0.102. The lowest BCUT2D eigenvalue weighted by Gasteiger charge is -2.00. The third-order valence-electron chi connectivity index (χ3n) is 3.51. The highest BCUT2D eigenvalue weighted by Gasteiger charge is 2.09. The van der Waals surface area contributed by atoms with Crippen molar-refractivity contribution in [3.05, 3.63) is 77.1 Å². The molecule has 0 unspecified atom stereocenters. The van der Waals surface area contributed by atoms with Gasteiger partial charge in [-0.3, -0.25) is 4.79 Å². The number of fused-ring (bicyclic) bond motifs is 1. The maximum atomic E-state index is 12.2. The van der Waals surface area contributed by atoms with Crippen LogP contribution in [0.15, 0.2) is 59.0 Å². The summed E-state index contributed by atoms with van der Waals surface area (Å²) in [6.07, 6.45) is 3.40. The molecular weight excluding hydrogens is 260 g/mol. The molecule has 0 saturated heterocycles. The Kier molecular flexibility index (Phi) is 3.44. The first-order valence-electron chi connectivity index (χ1n) is 6.92. The molecule has 3 aromatic rings. The minimum atomic E-state index is -0.119. The Hall–Kier alpha value is -2.61. The summed E-state index contributed by atoms with van der Waals surface area (Å²) in [6.45, 7) is 4.10. The van der Waals surface area contributed by atoms with E-state index in [1.54, 1.807) is 12.1 Å². The predicted molar refractivity (Wildman–Crippen MR) is 85.5 cm³/mol. The number of allylic oxidation sites excluding steroid dienone is 1. The third-order valence-corrected chi connectivity index (χ3v) is 3.51. The van der Waals surface area contributed by atoms with Crippen molar-refractivity contribution >= 4 is 22.8 Å². The van der Waals surface area contributed by atoms with E-state index < -0.39 is 0 Å². The third kappa shape index (κ3) is 2.79. The van der Waals surface area contributed by atoms with E-state index in [4.69, 9.17) is 4.42 Å². The Labute approximate surface area is 123 Å². The summed E-state index contributed by atoms with van der Waals surface area (Å²) in [5.74, 6) is 0.253. The van der Waals surface area contributed by atoms with Crippen molar-refractivity contribution in [2.24, 2.45) is 0 Å². The van der Waals surface area contributed by atoms with E-state index >= 15 is 0 Å². The van der Waals surface area contributed by atoms with E-state index in [0.29, 0.717) is 5.76 Å². The minimum absolute atomic E-state index is 0.119. The number of rotatable bonds is 3. The quantitative estimate of drug-likeness (QED) is 0.500. The van der Waals surface area contributed by atoms with Gasteiger partial charge < -0.3 is 4.42 Å². The van der Waals surface area contributed by atoms with E-state index in [1.165, 1.54) is 5.56 Å². The van der Waals surface area contributed by atoms with Crippen LogP contribution in [0.4, 0.5) is 0 Å². The van der Waals surface area contributed by atoms with Gasteiger partial charge in [0.25, 0.3) is 0 Å². The predicted octanol–water partition coefficient (Wildman–Crippen LogP) is 4.95. The van der Waals surface area contributed by atoms with Gasteiger partial charge in [-0.25, -0.2) is 0 Å². The van der Waals surface area contributed by atoms with Crippen LogP contribution >= 0.6 is 0 Å². The van der Waals surface area contributed by atoms with Crippen molar-refractivity contribution in [1.29, 1.82) is 0 Å². The zero-order chi connectivity index (χ0) is 14.8. The maximum Gasteiger partial charge on any atom is 0.221 e. The second-order valence-electron chi connectivity index (χ2n) is 5.21. The van der Waals surface area contributed by atoms with Crippen LogP contribution in [0.5, 0.6) is 0 Å². The number of furan rings is 1. The number of aryl methyl sites for hydroxylation is 2. The molecule has 0 atom stereocenters. The van der Waals surface area contributed by atoms with Gasteiger partial charge >= 0.3 is 0 Å². The smallest absolute Gasteiger partial charge is 0.221 e. The number of para-hydroxylation sites is 1. The van der Waals surface area contributed by atoms with Crippen molar-refractivity contribution in [1.82, 2.24) is 0 Å². The number of ketones is 1. The molecule has 0 fully saturated rings. The molecule has 0 saturated carbocycles. The highest BCUT2D eigenvalue weighted by Crippen LogP contribution is 2.20. The van der Waals surface area contributed by atoms with Crippen LogP contribution in [-0.4, -0.2) is 5.78 Å². The van der Waals surface area contributed by atoms with E-state index in [0.717, 1.165) is 22.1 Å². The highest BCUT2D eigenvalue weighted by atomic mass is 16.3. The zero-order valence-electron chi connectivity index (χ0n) is 12.1. The lowest BCUT2D eigenvalue weighted by Crippen LogP contribution is -1.91. The first kappa shape index (κ1) is 13.4. The molecule has 0 radical (unpaired) electrons. The molecule has 21 heavy (non-hydrogen) atoms. The highest BCUT2D eigenvalue weighted by molar-refractivity contribution is 6.07. The summed E-state index contributed by atoms with van der Waals surface area (Å²) >= 11 is 0. The monoisotopic (exact) mass is 276 g/mol. The largest absolute Gasteiger partial charge is 0.453 e. The topological polar surface area (TPSA) is 30.2 Å². The summed E-state index contributed by atoms with van der Waals surface area (Å²) in [6, 6.07) is 15.6. The van der Waals surface area contributed by atoms with Crippen molar-refractivity contribution in [2.45, 2.75) is 13.8 Å². The maximum absolute atomic E-state index is 12.2. The second kappa shape index (κ2) is 5.41. The fourth-order valence-corrected chi connectivity index (χ4v) is 2.36. The normalized spacial score (nSPS) is 11.3. The molecule has 1 heterocycles. The van der Waals surface area contributed by atoms with Crippen LogP contribution in [0, 0.1) is 13.8 Å². The summed E-state index contributed by atoms with van der Waals surface area (Å²) in [7, 11) is 0.